The average Bonchev–Trinajstić information content (AvgIpc) is 2.55. The maximum atomic E-state index is 6.32. The fraction of sp³-hybridized carbons (Fsp3) is 0.429. The van der Waals surface area contributed by atoms with Crippen LogP contribution in [0.25, 0.3) is 10.8 Å². The third-order valence-corrected chi connectivity index (χ3v) is 6.45. The predicted molar refractivity (Wildman–Crippen MR) is 82.2 cm³/mol. The van der Waals surface area contributed by atoms with Crippen LogP contribution in [0.4, 0.5) is 0 Å². The van der Waals surface area contributed by atoms with E-state index in [4.69, 9.17) is 4.42 Å². The van der Waals surface area contributed by atoms with Crippen LogP contribution >= 0.6 is 0 Å². The Balaban J connectivity index is 2.81. The van der Waals surface area contributed by atoms with Crippen molar-refractivity contribution < 1.29 is 4.42 Å². The van der Waals surface area contributed by atoms with Crippen molar-refractivity contribution in [3.8, 4) is 0 Å². The summed E-state index contributed by atoms with van der Waals surface area (Å²) in [6.07, 6.45) is 0. The normalized spacial score (nSPS) is 13.3. The molecule has 1 aromatic carbocycles. The van der Waals surface area contributed by atoms with Gasteiger partial charge in [-0.2, -0.15) is 0 Å². The number of furan rings is 1. The number of hydrogen-bond acceptors (Lipinski definition) is 1. The molecule has 0 bridgehead atoms. The molecule has 0 saturated carbocycles. The highest BCUT2D eigenvalue weighted by Gasteiger charge is 2.30. The van der Waals surface area contributed by atoms with Crippen LogP contribution in [0.3, 0.4) is 0 Å². The molecule has 0 amide bonds. The summed E-state index contributed by atoms with van der Waals surface area (Å²) < 4.78 is 6.32. The van der Waals surface area contributed by atoms with Crippen molar-refractivity contribution in [2.45, 2.75) is 39.3 Å². The second kappa shape index (κ2) is 3.85. The molecule has 0 saturated heterocycles. The van der Waals surface area contributed by atoms with Gasteiger partial charge in [0.1, 0.15) is 16.1 Å². The van der Waals surface area contributed by atoms with Crippen molar-refractivity contribution in [1.29, 1.82) is 0 Å². The van der Waals surface area contributed by atoms with Gasteiger partial charge in [0.05, 0.1) is 10.8 Å². The highest BCUT2D eigenvalue weighted by molar-refractivity contribution is 6.92. The van der Waals surface area contributed by atoms with Crippen molar-refractivity contribution in [3.63, 3.8) is 0 Å². The Kier molecular flexibility index (Phi) is 2.86. The minimum Gasteiger partial charge on any atom is -0.475 e. The highest BCUT2D eigenvalue weighted by atomic mass is 28.3. The van der Waals surface area contributed by atoms with Gasteiger partial charge in [-0.25, -0.2) is 0 Å². The standard InChI is InChI=1S/C14H22OSi2/c1-16(2,3)13-11-9-7-8-10-12(11)14(15-13)17(4,5)6/h7-10H,1-6H3. The smallest absolute Gasteiger partial charge is 0.124 e. The van der Waals surface area contributed by atoms with E-state index < -0.39 is 16.1 Å². The second-order valence-electron chi connectivity index (χ2n) is 6.81. The average molecular weight is 263 g/mol. The van der Waals surface area contributed by atoms with Crippen molar-refractivity contribution in [2.75, 3.05) is 0 Å². The van der Waals surface area contributed by atoms with Crippen LogP contribution < -0.4 is 10.8 Å². The summed E-state index contributed by atoms with van der Waals surface area (Å²) in [6.45, 7) is 14.1. The molecule has 1 nitrogen and oxygen atoms in total. The van der Waals surface area contributed by atoms with E-state index in [1.807, 2.05) is 0 Å². The molecule has 0 aliphatic heterocycles. The first-order valence-electron chi connectivity index (χ1n) is 6.24. The van der Waals surface area contributed by atoms with Gasteiger partial charge in [-0.05, 0) is 0 Å². The highest BCUT2D eigenvalue weighted by Crippen LogP contribution is 2.19. The van der Waals surface area contributed by atoms with E-state index in [-0.39, 0.29) is 0 Å². The minimum atomic E-state index is -1.40. The van der Waals surface area contributed by atoms with E-state index in [1.54, 1.807) is 0 Å². The van der Waals surface area contributed by atoms with Gasteiger partial charge in [-0.3, -0.25) is 0 Å². The topological polar surface area (TPSA) is 13.1 Å². The van der Waals surface area contributed by atoms with Gasteiger partial charge in [0.25, 0.3) is 0 Å². The molecular weight excluding hydrogens is 240 g/mol. The zero-order chi connectivity index (χ0) is 12.8. The second-order valence-corrected chi connectivity index (χ2v) is 16.7. The summed E-state index contributed by atoms with van der Waals surface area (Å²) in [7, 11) is -2.80. The van der Waals surface area contributed by atoms with Gasteiger partial charge in [0.15, 0.2) is 0 Å². The Hall–Kier alpha value is -0.806. The van der Waals surface area contributed by atoms with E-state index in [9.17, 15) is 0 Å². The van der Waals surface area contributed by atoms with E-state index in [0.717, 1.165) is 0 Å². The molecule has 0 N–H and O–H groups in total. The third kappa shape index (κ3) is 2.26. The zero-order valence-corrected chi connectivity index (χ0v) is 13.7. The van der Waals surface area contributed by atoms with Crippen molar-refractivity contribution in [3.05, 3.63) is 24.3 Å². The summed E-state index contributed by atoms with van der Waals surface area (Å²) in [5, 5.41) is 5.24. The van der Waals surface area contributed by atoms with Gasteiger partial charge in [0, 0.05) is 10.8 Å². The molecule has 3 heteroatoms. The largest absolute Gasteiger partial charge is 0.475 e. The van der Waals surface area contributed by atoms with Crippen LogP contribution in [0.2, 0.25) is 39.3 Å². The van der Waals surface area contributed by atoms with E-state index in [1.165, 1.54) is 21.5 Å². The molecule has 0 aliphatic rings. The molecule has 0 radical (unpaired) electrons. The summed E-state index contributed by atoms with van der Waals surface area (Å²) in [6, 6.07) is 8.68. The van der Waals surface area contributed by atoms with E-state index in [0.29, 0.717) is 0 Å². The minimum absolute atomic E-state index is 1.27. The van der Waals surface area contributed by atoms with Gasteiger partial charge in [-0.1, -0.05) is 63.5 Å². The van der Waals surface area contributed by atoms with E-state index in [2.05, 4.69) is 63.5 Å². The SMILES string of the molecule is C[Si](C)(C)c1oc([Si](C)(C)C)c2ccccc12. The van der Waals surface area contributed by atoms with Crippen LogP contribution in [0.5, 0.6) is 0 Å². The van der Waals surface area contributed by atoms with Gasteiger partial charge < -0.3 is 4.42 Å². The summed E-state index contributed by atoms with van der Waals surface area (Å²) >= 11 is 0. The lowest BCUT2D eigenvalue weighted by Crippen LogP contribution is -2.40. The van der Waals surface area contributed by atoms with Crippen LogP contribution in [-0.2, 0) is 0 Å². The molecule has 0 aliphatic carbocycles. The summed E-state index contributed by atoms with van der Waals surface area (Å²) in [5.74, 6) is 0. The Morgan fingerprint density at radius 2 is 1.06 bits per heavy atom. The number of rotatable bonds is 2. The van der Waals surface area contributed by atoms with Crippen LogP contribution in [-0.4, -0.2) is 16.1 Å². The molecule has 92 valence electrons. The lowest BCUT2D eigenvalue weighted by molar-refractivity contribution is 0.633. The molecule has 0 fully saturated rings. The van der Waals surface area contributed by atoms with Crippen molar-refractivity contribution >= 4 is 37.7 Å². The lowest BCUT2D eigenvalue weighted by atomic mass is 10.2. The Labute approximate surface area is 106 Å². The Bertz CT molecular complexity index is 493. The van der Waals surface area contributed by atoms with Crippen LogP contribution in [0, 0.1) is 0 Å². The first-order valence-corrected chi connectivity index (χ1v) is 13.2. The predicted octanol–water partition coefficient (Wildman–Crippen LogP) is 3.52. The molecule has 1 heterocycles. The van der Waals surface area contributed by atoms with Gasteiger partial charge >= 0.3 is 0 Å². The number of fused-ring (bicyclic) bond motifs is 1. The van der Waals surface area contributed by atoms with Crippen molar-refractivity contribution in [1.82, 2.24) is 0 Å². The summed E-state index contributed by atoms with van der Waals surface area (Å²) in [5.41, 5.74) is 0. The Morgan fingerprint density at radius 3 is 1.35 bits per heavy atom. The molecule has 17 heavy (non-hydrogen) atoms. The maximum Gasteiger partial charge on any atom is 0.124 e. The molecule has 2 rings (SSSR count). The monoisotopic (exact) mass is 262 g/mol. The van der Waals surface area contributed by atoms with Crippen molar-refractivity contribution in [2.24, 2.45) is 0 Å². The third-order valence-electron chi connectivity index (χ3n) is 2.98. The van der Waals surface area contributed by atoms with Crippen LogP contribution in [0.15, 0.2) is 28.7 Å². The molecule has 1 aromatic heterocycles. The van der Waals surface area contributed by atoms with Gasteiger partial charge in [-0.15, -0.1) is 0 Å². The maximum absolute atomic E-state index is 6.32. The first kappa shape index (κ1) is 12.6. The zero-order valence-electron chi connectivity index (χ0n) is 11.7. The molecule has 0 spiro atoms. The van der Waals surface area contributed by atoms with E-state index >= 15 is 0 Å². The first-order chi connectivity index (χ1) is 7.71. The molecular formula is C14H22OSi2. The van der Waals surface area contributed by atoms with Gasteiger partial charge in [0.2, 0.25) is 0 Å². The fourth-order valence-electron chi connectivity index (χ4n) is 2.21. The summed E-state index contributed by atoms with van der Waals surface area (Å²) in [4.78, 5) is 0. The quantitative estimate of drug-likeness (QED) is 0.755. The molecule has 0 unspecified atom stereocenters. The number of hydrogen-bond donors (Lipinski definition) is 0. The van der Waals surface area contributed by atoms with Crippen LogP contribution in [0.1, 0.15) is 0 Å². The molecule has 0 atom stereocenters. The Morgan fingerprint density at radius 1 is 0.706 bits per heavy atom. The molecule has 2 aromatic rings. The lowest BCUT2D eigenvalue weighted by Gasteiger charge is -2.15. The fourth-order valence-corrected chi connectivity index (χ4v) is 5.18. The number of benzene rings is 1.